The number of allylic oxidation sites excluding steroid dienone is 1. The number of methoxy groups -OCH3 is 2. The van der Waals surface area contributed by atoms with Crippen molar-refractivity contribution in [3.05, 3.63) is 12.7 Å². The monoisotopic (exact) mass is 244 g/mol. The average molecular weight is 244 g/mol. The summed E-state index contributed by atoms with van der Waals surface area (Å²) in [7, 11) is 3.41. The molecule has 0 atom stereocenters. The summed E-state index contributed by atoms with van der Waals surface area (Å²) in [4.78, 5) is 0. The van der Waals surface area contributed by atoms with Gasteiger partial charge in [-0.2, -0.15) is 0 Å². The van der Waals surface area contributed by atoms with Crippen molar-refractivity contribution in [2.45, 2.75) is 71.5 Å². The molecule has 17 heavy (non-hydrogen) atoms. The third kappa shape index (κ3) is 18.2. The Bertz CT molecular complexity index is 131. The van der Waals surface area contributed by atoms with Gasteiger partial charge in [-0.3, -0.25) is 0 Å². The Balaban J connectivity index is 0. The van der Waals surface area contributed by atoms with E-state index in [1.54, 1.807) is 20.3 Å². The van der Waals surface area contributed by atoms with E-state index in [-0.39, 0.29) is 6.29 Å². The maximum absolute atomic E-state index is 5.12. The molecule has 0 aliphatic carbocycles. The quantitative estimate of drug-likeness (QED) is 0.308. The highest BCUT2D eigenvalue weighted by Gasteiger charge is 2.03. The van der Waals surface area contributed by atoms with Gasteiger partial charge in [0.1, 0.15) is 0 Å². The lowest BCUT2D eigenvalue weighted by Crippen LogP contribution is -2.12. The van der Waals surface area contributed by atoms with Crippen LogP contribution < -0.4 is 0 Å². The minimum absolute atomic E-state index is 0.00522. The number of hydrogen-bond donors (Lipinski definition) is 0. The van der Waals surface area contributed by atoms with Crippen LogP contribution >= 0.6 is 0 Å². The van der Waals surface area contributed by atoms with Gasteiger partial charge in [0, 0.05) is 14.2 Å². The number of unbranched alkanes of at least 4 members (excludes halogenated alkanes) is 6. The van der Waals surface area contributed by atoms with Crippen LogP contribution in [0.3, 0.4) is 0 Å². The molecular formula is C15H32O2. The van der Waals surface area contributed by atoms with E-state index in [0.717, 1.165) is 6.42 Å². The number of rotatable bonds is 10. The molecular weight excluding hydrogens is 212 g/mol. The fourth-order valence-corrected chi connectivity index (χ4v) is 1.60. The van der Waals surface area contributed by atoms with E-state index in [1.165, 1.54) is 44.9 Å². The van der Waals surface area contributed by atoms with E-state index in [1.807, 2.05) is 6.92 Å². The van der Waals surface area contributed by atoms with E-state index in [9.17, 15) is 0 Å². The van der Waals surface area contributed by atoms with Crippen LogP contribution in [0.1, 0.15) is 65.2 Å². The number of hydrogen-bond acceptors (Lipinski definition) is 2. The maximum Gasteiger partial charge on any atom is 0.156 e. The Morgan fingerprint density at radius 1 is 0.941 bits per heavy atom. The predicted molar refractivity (Wildman–Crippen MR) is 76.3 cm³/mol. The van der Waals surface area contributed by atoms with Gasteiger partial charge in [0.2, 0.25) is 0 Å². The Morgan fingerprint density at radius 3 is 1.76 bits per heavy atom. The van der Waals surface area contributed by atoms with Crippen molar-refractivity contribution < 1.29 is 9.47 Å². The summed E-state index contributed by atoms with van der Waals surface area (Å²) in [6.45, 7) is 7.50. The van der Waals surface area contributed by atoms with Crippen LogP contribution in [0, 0.1) is 0 Å². The van der Waals surface area contributed by atoms with Crippen LogP contribution in [-0.2, 0) is 9.47 Å². The molecule has 2 nitrogen and oxygen atoms in total. The molecule has 0 rings (SSSR count). The fraction of sp³-hybridized carbons (Fsp3) is 0.867. The molecule has 0 aliphatic heterocycles. The maximum atomic E-state index is 5.12. The zero-order chi connectivity index (χ0) is 13.4. The van der Waals surface area contributed by atoms with Gasteiger partial charge < -0.3 is 9.47 Å². The third-order valence-corrected chi connectivity index (χ3v) is 2.57. The highest BCUT2D eigenvalue weighted by molar-refractivity contribution is 4.51. The lowest BCUT2D eigenvalue weighted by molar-refractivity contribution is -0.107. The summed E-state index contributed by atoms with van der Waals surface area (Å²) in [5.41, 5.74) is 0. The van der Waals surface area contributed by atoms with E-state index in [2.05, 4.69) is 13.5 Å². The average Bonchev–Trinajstić information content (AvgIpc) is 2.34. The predicted octanol–water partition coefficient (Wildman–Crippen LogP) is 4.94. The van der Waals surface area contributed by atoms with Gasteiger partial charge >= 0.3 is 0 Å². The molecule has 0 amide bonds. The minimum atomic E-state index is 0.00522. The molecule has 0 spiro atoms. The SMILES string of the molecule is C=CC.CCCCCCCCCC(OC)OC. The van der Waals surface area contributed by atoms with Crippen LogP contribution in [0.25, 0.3) is 0 Å². The van der Waals surface area contributed by atoms with E-state index >= 15 is 0 Å². The second kappa shape index (κ2) is 18.0. The van der Waals surface area contributed by atoms with E-state index in [0.29, 0.717) is 0 Å². The Hall–Kier alpha value is -0.340. The van der Waals surface area contributed by atoms with Crippen LogP contribution in [0.2, 0.25) is 0 Å². The Kier molecular flexibility index (Phi) is 20.2. The summed E-state index contributed by atoms with van der Waals surface area (Å²) in [5, 5.41) is 0. The molecule has 0 aromatic carbocycles. The molecule has 0 unspecified atom stereocenters. The van der Waals surface area contributed by atoms with Crippen molar-refractivity contribution in [1.29, 1.82) is 0 Å². The molecule has 0 heterocycles. The molecule has 0 fully saturated rings. The first kappa shape index (κ1) is 19.0. The lowest BCUT2D eigenvalue weighted by Gasteiger charge is -2.12. The standard InChI is InChI=1S/C12H26O2.C3H6/c1-4-5-6-7-8-9-10-11-12(13-2)14-3;1-3-2/h12H,4-11H2,1-3H3;3H,1H2,2H3. The van der Waals surface area contributed by atoms with Crippen molar-refractivity contribution in [2.75, 3.05) is 14.2 Å². The van der Waals surface area contributed by atoms with Crippen molar-refractivity contribution >= 4 is 0 Å². The van der Waals surface area contributed by atoms with Gasteiger partial charge in [-0.15, -0.1) is 6.58 Å². The zero-order valence-electron chi connectivity index (χ0n) is 12.3. The normalized spacial score (nSPS) is 9.94. The van der Waals surface area contributed by atoms with Gasteiger partial charge in [-0.05, 0) is 19.8 Å². The summed E-state index contributed by atoms with van der Waals surface area (Å²) in [5.74, 6) is 0. The summed E-state index contributed by atoms with van der Waals surface area (Å²) < 4.78 is 10.2. The van der Waals surface area contributed by atoms with Crippen LogP contribution in [0.15, 0.2) is 12.7 Å². The molecule has 0 saturated heterocycles. The van der Waals surface area contributed by atoms with E-state index in [4.69, 9.17) is 9.47 Å². The van der Waals surface area contributed by atoms with Crippen LogP contribution in [-0.4, -0.2) is 20.5 Å². The Labute approximate surface area is 108 Å². The highest BCUT2D eigenvalue weighted by Crippen LogP contribution is 2.10. The van der Waals surface area contributed by atoms with Crippen molar-refractivity contribution in [3.8, 4) is 0 Å². The minimum Gasteiger partial charge on any atom is -0.356 e. The van der Waals surface area contributed by atoms with Gasteiger partial charge in [0.25, 0.3) is 0 Å². The highest BCUT2D eigenvalue weighted by atomic mass is 16.7. The molecule has 0 aliphatic rings. The first-order valence-electron chi connectivity index (χ1n) is 6.89. The number of ether oxygens (including phenoxy) is 2. The van der Waals surface area contributed by atoms with Crippen LogP contribution in [0.5, 0.6) is 0 Å². The fourth-order valence-electron chi connectivity index (χ4n) is 1.60. The molecule has 0 saturated carbocycles. The molecule has 0 aromatic heterocycles. The summed E-state index contributed by atoms with van der Waals surface area (Å²) in [6.07, 6.45) is 12.2. The van der Waals surface area contributed by atoms with Crippen LogP contribution in [0.4, 0.5) is 0 Å². The molecule has 0 radical (unpaired) electrons. The second-order valence-electron chi connectivity index (χ2n) is 4.22. The van der Waals surface area contributed by atoms with Crippen molar-refractivity contribution in [1.82, 2.24) is 0 Å². The summed E-state index contributed by atoms with van der Waals surface area (Å²) >= 11 is 0. The van der Waals surface area contributed by atoms with Gasteiger partial charge in [-0.1, -0.05) is 51.5 Å². The van der Waals surface area contributed by atoms with Crippen molar-refractivity contribution in [3.63, 3.8) is 0 Å². The van der Waals surface area contributed by atoms with E-state index < -0.39 is 0 Å². The smallest absolute Gasteiger partial charge is 0.156 e. The topological polar surface area (TPSA) is 18.5 Å². The van der Waals surface area contributed by atoms with Crippen molar-refractivity contribution in [2.24, 2.45) is 0 Å². The first-order valence-corrected chi connectivity index (χ1v) is 6.89. The second-order valence-corrected chi connectivity index (χ2v) is 4.22. The zero-order valence-corrected chi connectivity index (χ0v) is 12.3. The first-order chi connectivity index (χ1) is 8.26. The largest absolute Gasteiger partial charge is 0.356 e. The van der Waals surface area contributed by atoms with Gasteiger partial charge in [-0.25, -0.2) is 0 Å². The molecule has 104 valence electrons. The molecule has 0 aromatic rings. The van der Waals surface area contributed by atoms with Gasteiger partial charge in [0.15, 0.2) is 6.29 Å². The summed E-state index contributed by atoms with van der Waals surface area (Å²) in [6, 6.07) is 0. The van der Waals surface area contributed by atoms with Gasteiger partial charge in [0.05, 0.1) is 0 Å². The Morgan fingerprint density at radius 2 is 1.35 bits per heavy atom. The molecule has 0 bridgehead atoms. The lowest BCUT2D eigenvalue weighted by atomic mass is 10.1. The third-order valence-electron chi connectivity index (χ3n) is 2.57. The molecule has 2 heteroatoms. The molecule has 0 N–H and O–H groups in total.